The number of hydrogen-bond donors (Lipinski definition) is 1. The summed E-state index contributed by atoms with van der Waals surface area (Å²) in [7, 11) is 0. The molecule has 0 atom stereocenters. The molecule has 20 heavy (non-hydrogen) atoms. The Bertz CT molecular complexity index is 787. The highest BCUT2D eigenvalue weighted by atomic mass is 79.9. The first kappa shape index (κ1) is 12.9. The van der Waals surface area contributed by atoms with Crippen molar-refractivity contribution < 1.29 is 4.74 Å². The number of rotatable bonds is 2. The van der Waals surface area contributed by atoms with E-state index in [0.29, 0.717) is 11.6 Å². The van der Waals surface area contributed by atoms with Gasteiger partial charge in [0.15, 0.2) is 0 Å². The predicted octanol–water partition coefficient (Wildman–Crippen LogP) is 4.68. The number of benzene rings is 2. The predicted molar refractivity (Wildman–Crippen MR) is 85.1 cm³/mol. The molecular weight excluding hydrogens is 316 g/mol. The molecule has 4 heteroatoms. The summed E-state index contributed by atoms with van der Waals surface area (Å²) in [6.45, 7) is 1.91. The molecule has 3 nitrogen and oxygen atoms in total. The van der Waals surface area contributed by atoms with Crippen LogP contribution in [0, 0.1) is 6.92 Å². The zero-order valence-corrected chi connectivity index (χ0v) is 12.5. The van der Waals surface area contributed by atoms with Gasteiger partial charge in [-0.25, -0.2) is 4.98 Å². The second kappa shape index (κ2) is 5.13. The molecule has 3 aromatic rings. The fraction of sp³-hybridized carbons (Fsp3) is 0.0625. The summed E-state index contributed by atoms with van der Waals surface area (Å²) in [5, 5.41) is 2.26. The Hall–Kier alpha value is -2.07. The van der Waals surface area contributed by atoms with Crippen LogP contribution in [0.5, 0.6) is 11.6 Å². The minimum Gasteiger partial charge on any atom is -0.438 e. The van der Waals surface area contributed by atoms with Gasteiger partial charge in [0.1, 0.15) is 5.75 Å². The number of nitrogens with two attached hydrogens (primary N) is 1. The van der Waals surface area contributed by atoms with Crippen molar-refractivity contribution in [1.82, 2.24) is 4.98 Å². The molecule has 0 aliphatic heterocycles. The molecule has 0 radical (unpaired) electrons. The Kier molecular flexibility index (Phi) is 3.32. The first-order valence-corrected chi connectivity index (χ1v) is 7.01. The fourth-order valence-electron chi connectivity index (χ4n) is 1.98. The molecule has 2 N–H and O–H groups in total. The lowest BCUT2D eigenvalue weighted by Crippen LogP contribution is -1.94. The van der Waals surface area contributed by atoms with Gasteiger partial charge in [0.2, 0.25) is 5.88 Å². The number of aryl methyl sites for hydroxylation is 1. The molecule has 0 bridgehead atoms. The van der Waals surface area contributed by atoms with E-state index in [1.165, 1.54) is 0 Å². The van der Waals surface area contributed by atoms with E-state index in [4.69, 9.17) is 10.5 Å². The quantitative estimate of drug-likeness (QED) is 0.742. The lowest BCUT2D eigenvalue weighted by molar-refractivity contribution is 0.461. The smallest absolute Gasteiger partial charge is 0.221 e. The van der Waals surface area contributed by atoms with Crippen LogP contribution in [-0.4, -0.2) is 4.98 Å². The Labute approximate surface area is 125 Å². The number of fused-ring (bicyclic) bond motifs is 1. The molecule has 0 saturated carbocycles. The topological polar surface area (TPSA) is 48.1 Å². The number of nitrogen functional groups attached to an aromatic ring is 1. The van der Waals surface area contributed by atoms with E-state index in [9.17, 15) is 0 Å². The van der Waals surface area contributed by atoms with Crippen molar-refractivity contribution in [2.45, 2.75) is 6.92 Å². The Morgan fingerprint density at radius 2 is 1.95 bits per heavy atom. The zero-order valence-electron chi connectivity index (χ0n) is 10.9. The maximum Gasteiger partial charge on any atom is 0.221 e. The molecule has 0 amide bonds. The molecule has 0 unspecified atom stereocenters. The highest BCUT2D eigenvalue weighted by Crippen LogP contribution is 2.35. The van der Waals surface area contributed by atoms with Gasteiger partial charge in [-0.15, -0.1) is 0 Å². The average Bonchev–Trinajstić information content (AvgIpc) is 2.46. The molecule has 0 aliphatic carbocycles. The van der Waals surface area contributed by atoms with E-state index in [-0.39, 0.29) is 0 Å². The van der Waals surface area contributed by atoms with Gasteiger partial charge in [-0.1, -0.05) is 30.3 Å². The van der Waals surface area contributed by atoms with E-state index in [1.807, 2.05) is 37.3 Å². The summed E-state index contributed by atoms with van der Waals surface area (Å²) >= 11 is 3.59. The fourth-order valence-corrected chi connectivity index (χ4v) is 2.55. The summed E-state index contributed by atoms with van der Waals surface area (Å²) in [6, 6.07) is 13.8. The molecule has 0 fully saturated rings. The van der Waals surface area contributed by atoms with Crippen LogP contribution < -0.4 is 10.5 Å². The van der Waals surface area contributed by atoms with Gasteiger partial charge in [-0.3, -0.25) is 0 Å². The molecule has 100 valence electrons. The largest absolute Gasteiger partial charge is 0.438 e. The SMILES string of the molecule is Cc1cnc(Oc2ccc3ccccc3c2Br)cc1N. The van der Waals surface area contributed by atoms with Gasteiger partial charge >= 0.3 is 0 Å². The molecule has 3 rings (SSSR count). The summed E-state index contributed by atoms with van der Waals surface area (Å²) in [5.74, 6) is 1.21. The minimum absolute atomic E-state index is 0.490. The van der Waals surface area contributed by atoms with Gasteiger partial charge in [0.05, 0.1) is 4.47 Å². The van der Waals surface area contributed by atoms with Gasteiger partial charge < -0.3 is 10.5 Å². The average molecular weight is 329 g/mol. The van der Waals surface area contributed by atoms with E-state index in [2.05, 4.69) is 27.0 Å². The lowest BCUT2D eigenvalue weighted by atomic mass is 10.1. The number of pyridine rings is 1. The van der Waals surface area contributed by atoms with Crippen molar-refractivity contribution in [2.24, 2.45) is 0 Å². The van der Waals surface area contributed by atoms with E-state index < -0.39 is 0 Å². The van der Waals surface area contributed by atoms with E-state index >= 15 is 0 Å². The van der Waals surface area contributed by atoms with E-state index in [0.717, 1.165) is 26.6 Å². The van der Waals surface area contributed by atoms with Gasteiger partial charge in [-0.2, -0.15) is 0 Å². The minimum atomic E-state index is 0.490. The molecule has 0 saturated heterocycles. The monoisotopic (exact) mass is 328 g/mol. The third kappa shape index (κ3) is 2.34. The zero-order chi connectivity index (χ0) is 14.1. The number of halogens is 1. The van der Waals surface area contributed by atoms with E-state index in [1.54, 1.807) is 12.3 Å². The van der Waals surface area contributed by atoms with Gasteiger partial charge in [0.25, 0.3) is 0 Å². The van der Waals surface area contributed by atoms with Crippen LogP contribution in [0.4, 0.5) is 5.69 Å². The number of anilines is 1. The molecule has 0 spiro atoms. The highest BCUT2D eigenvalue weighted by Gasteiger charge is 2.08. The highest BCUT2D eigenvalue weighted by molar-refractivity contribution is 9.10. The van der Waals surface area contributed by atoms with Crippen molar-refractivity contribution in [3.8, 4) is 11.6 Å². The molecule has 0 aliphatic rings. The van der Waals surface area contributed by atoms with Crippen LogP contribution in [0.25, 0.3) is 10.8 Å². The van der Waals surface area contributed by atoms with Crippen LogP contribution >= 0.6 is 15.9 Å². The Morgan fingerprint density at radius 3 is 2.75 bits per heavy atom. The first-order valence-electron chi connectivity index (χ1n) is 6.22. The summed E-state index contributed by atoms with van der Waals surface area (Å²) < 4.78 is 6.73. The molecule has 1 heterocycles. The lowest BCUT2D eigenvalue weighted by Gasteiger charge is -2.10. The number of hydrogen-bond acceptors (Lipinski definition) is 3. The van der Waals surface area contributed by atoms with Crippen molar-refractivity contribution in [3.63, 3.8) is 0 Å². The Morgan fingerprint density at radius 1 is 1.15 bits per heavy atom. The van der Waals surface area contributed by atoms with Crippen molar-refractivity contribution >= 4 is 32.4 Å². The van der Waals surface area contributed by atoms with Crippen molar-refractivity contribution in [1.29, 1.82) is 0 Å². The second-order valence-corrected chi connectivity index (χ2v) is 5.37. The standard InChI is InChI=1S/C16H13BrN2O/c1-10-9-19-15(8-13(10)18)20-14-7-6-11-4-2-3-5-12(11)16(14)17/h2-9H,1H3,(H2,18,19). The van der Waals surface area contributed by atoms with Crippen LogP contribution in [0.2, 0.25) is 0 Å². The first-order chi connectivity index (χ1) is 9.65. The van der Waals surface area contributed by atoms with Crippen LogP contribution in [0.15, 0.2) is 53.1 Å². The van der Waals surface area contributed by atoms with Gasteiger partial charge in [-0.05, 0) is 45.3 Å². The summed E-state index contributed by atoms with van der Waals surface area (Å²) in [5.41, 5.74) is 7.48. The van der Waals surface area contributed by atoms with Gasteiger partial charge in [0, 0.05) is 18.0 Å². The Balaban J connectivity index is 2.02. The number of aromatic nitrogens is 1. The summed E-state index contributed by atoms with van der Waals surface area (Å²) in [4.78, 5) is 4.23. The number of nitrogens with zero attached hydrogens (tertiary/aromatic N) is 1. The normalized spacial score (nSPS) is 10.7. The van der Waals surface area contributed by atoms with Crippen LogP contribution in [0.3, 0.4) is 0 Å². The third-order valence-corrected chi connectivity index (χ3v) is 3.98. The van der Waals surface area contributed by atoms with Crippen molar-refractivity contribution in [2.75, 3.05) is 5.73 Å². The van der Waals surface area contributed by atoms with Crippen LogP contribution in [0.1, 0.15) is 5.56 Å². The maximum absolute atomic E-state index is 5.87. The number of ether oxygens (including phenoxy) is 1. The second-order valence-electron chi connectivity index (χ2n) is 4.58. The van der Waals surface area contributed by atoms with Crippen molar-refractivity contribution in [3.05, 3.63) is 58.7 Å². The third-order valence-electron chi connectivity index (χ3n) is 3.16. The molecule has 1 aromatic heterocycles. The summed E-state index contributed by atoms with van der Waals surface area (Å²) in [6.07, 6.45) is 1.71. The molecular formula is C16H13BrN2O. The molecule has 2 aromatic carbocycles. The van der Waals surface area contributed by atoms with Crippen LogP contribution in [-0.2, 0) is 0 Å². The maximum atomic E-state index is 5.87.